The van der Waals surface area contributed by atoms with Gasteiger partial charge in [0.15, 0.2) is 0 Å². The fourth-order valence-corrected chi connectivity index (χ4v) is 2.73. The predicted octanol–water partition coefficient (Wildman–Crippen LogP) is 1.26. The summed E-state index contributed by atoms with van der Waals surface area (Å²) in [5.74, 6) is 0.815. The molecule has 7 heteroatoms. The molecule has 134 valence electrons. The van der Waals surface area contributed by atoms with Crippen LogP contribution in [0.15, 0.2) is 24.3 Å². The minimum atomic E-state index is -0.573. The van der Waals surface area contributed by atoms with E-state index in [1.54, 1.807) is 31.4 Å². The summed E-state index contributed by atoms with van der Waals surface area (Å²) in [5.41, 5.74) is 0. The van der Waals surface area contributed by atoms with Crippen molar-refractivity contribution in [3.05, 3.63) is 29.3 Å². The lowest BCUT2D eigenvalue weighted by atomic mass is 10.2. The number of nitrogens with zero attached hydrogens (tertiary/aromatic N) is 2. The van der Waals surface area contributed by atoms with E-state index in [-0.39, 0.29) is 12.5 Å². The van der Waals surface area contributed by atoms with Crippen LogP contribution in [0.2, 0.25) is 5.02 Å². The molecule has 6 nitrogen and oxygen atoms in total. The Balaban J connectivity index is 1.65. The molecule has 1 aromatic rings. The van der Waals surface area contributed by atoms with Crippen LogP contribution < -0.4 is 4.74 Å². The fraction of sp³-hybridized carbons (Fsp3) is 0.588. The molecule has 1 N–H and O–H groups in total. The molecule has 1 aromatic carbocycles. The van der Waals surface area contributed by atoms with E-state index >= 15 is 0 Å². The molecule has 0 unspecified atom stereocenters. The van der Waals surface area contributed by atoms with Gasteiger partial charge >= 0.3 is 0 Å². The number of methoxy groups -OCH3 is 1. The van der Waals surface area contributed by atoms with Crippen LogP contribution in [0.4, 0.5) is 0 Å². The topological polar surface area (TPSA) is 62.2 Å². The number of halogens is 1. The van der Waals surface area contributed by atoms with Gasteiger partial charge in [-0.3, -0.25) is 9.69 Å². The summed E-state index contributed by atoms with van der Waals surface area (Å²) in [4.78, 5) is 15.9. The second-order valence-electron chi connectivity index (χ2n) is 5.84. The van der Waals surface area contributed by atoms with E-state index in [0.717, 1.165) is 13.1 Å². The van der Waals surface area contributed by atoms with E-state index in [9.17, 15) is 9.90 Å². The molecule has 1 aliphatic rings. The molecule has 0 bridgehead atoms. The molecule has 0 aromatic heterocycles. The maximum Gasteiger partial charge on any atom is 0.224 e. The number of carbonyl (C=O) groups excluding carboxylic acids is 1. The van der Waals surface area contributed by atoms with Crippen LogP contribution in [0, 0.1) is 0 Å². The first-order valence-corrected chi connectivity index (χ1v) is 8.52. The summed E-state index contributed by atoms with van der Waals surface area (Å²) < 4.78 is 10.5. The van der Waals surface area contributed by atoms with Gasteiger partial charge < -0.3 is 19.5 Å². The molecule has 1 fully saturated rings. The minimum Gasteiger partial charge on any atom is -0.491 e. The van der Waals surface area contributed by atoms with E-state index in [0.29, 0.717) is 43.4 Å². The summed E-state index contributed by atoms with van der Waals surface area (Å²) in [6.45, 7) is 4.12. The smallest absolute Gasteiger partial charge is 0.224 e. The lowest BCUT2D eigenvalue weighted by molar-refractivity contribution is -0.134. The Hall–Kier alpha value is -1.34. The fourth-order valence-electron chi connectivity index (χ4n) is 2.60. The standard InChI is InChI=1S/C17H25ClN2O4/c1-23-11-6-17(22)20-9-7-19(8-10-20)12-15(21)13-24-16-4-2-14(18)3-5-16/h2-5,15,21H,6-13H2,1H3/t15-/m1/s1. The molecular formula is C17H25ClN2O4. The van der Waals surface area contributed by atoms with Gasteiger partial charge in [0.2, 0.25) is 5.91 Å². The van der Waals surface area contributed by atoms with E-state index < -0.39 is 6.10 Å². The molecule has 0 aliphatic carbocycles. The predicted molar refractivity (Wildman–Crippen MR) is 92.5 cm³/mol. The molecule has 1 atom stereocenters. The second kappa shape index (κ2) is 9.84. The summed E-state index contributed by atoms with van der Waals surface area (Å²) in [7, 11) is 1.60. The van der Waals surface area contributed by atoms with Crippen molar-refractivity contribution in [1.82, 2.24) is 9.80 Å². The van der Waals surface area contributed by atoms with E-state index in [2.05, 4.69) is 4.90 Å². The lowest BCUT2D eigenvalue weighted by Gasteiger charge is -2.35. The van der Waals surface area contributed by atoms with Crippen molar-refractivity contribution < 1.29 is 19.4 Å². The SMILES string of the molecule is COCCC(=O)N1CCN(C[C@@H](O)COc2ccc(Cl)cc2)CC1. The Morgan fingerprint density at radius 2 is 1.92 bits per heavy atom. The number of piperazine rings is 1. The highest BCUT2D eigenvalue weighted by molar-refractivity contribution is 6.30. The largest absolute Gasteiger partial charge is 0.491 e. The number of rotatable bonds is 8. The van der Waals surface area contributed by atoms with Gasteiger partial charge in [-0.1, -0.05) is 11.6 Å². The molecule has 24 heavy (non-hydrogen) atoms. The number of benzene rings is 1. The summed E-state index contributed by atoms with van der Waals surface area (Å²) in [6, 6.07) is 7.06. The van der Waals surface area contributed by atoms with Crippen LogP contribution >= 0.6 is 11.6 Å². The van der Waals surface area contributed by atoms with Gasteiger partial charge in [0, 0.05) is 44.9 Å². The molecule has 2 rings (SSSR count). The second-order valence-corrected chi connectivity index (χ2v) is 6.28. The van der Waals surface area contributed by atoms with Gasteiger partial charge in [-0.05, 0) is 24.3 Å². The van der Waals surface area contributed by atoms with Gasteiger partial charge in [0.1, 0.15) is 18.5 Å². The van der Waals surface area contributed by atoms with Crippen LogP contribution in [0.1, 0.15) is 6.42 Å². The lowest BCUT2D eigenvalue weighted by Crippen LogP contribution is -2.51. The third kappa shape index (κ3) is 6.28. The van der Waals surface area contributed by atoms with Crippen LogP contribution in [-0.4, -0.2) is 80.0 Å². The van der Waals surface area contributed by atoms with Crippen LogP contribution in [-0.2, 0) is 9.53 Å². The number of amides is 1. The number of carbonyl (C=O) groups is 1. The average molecular weight is 357 g/mol. The van der Waals surface area contributed by atoms with Gasteiger partial charge in [0.25, 0.3) is 0 Å². The maximum absolute atomic E-state index is 11.9. The van der Waals surface area contributed by atoms with Crippen molar-refractivity contribution in [3.8, 4) is 5.75 Å². The average Bonchev–Trinajstić information content (AvgIpc) is 2.60. The summed E-state index contributed by atoms with van der Waals surface area (Å²) >= 11 is 5.82. The first-order valence-electron chi connectivity index (χ1n) is 8.14. The van der Waals surface area contributed by atoms with E-state index in [1.807, 2.05) is 4.90 Å². The zero-order chi connectivity index (χ0) is 17.4. The third-order valence-electron chi connectivity index (χ3n) is 3.97. The zero-order valence-corrected chi connectivity index (χ0v) is 14.7. The number of ether oxygens (including phenoxy) is 2. The number of aliphatic hydroxyl groups excluding tert-OH is 1. The Morgan fingerprint density at radius 3 is 2.54 bits per heavy atom. The van der Waals surface area contributed by atoms with Crippen molar-refractivity contribution in [3.63, 3.8) is 0 Å². The summed E-state index contributed by atoms with van der Waals surface area (Å²) in [5, 5.41) is 10.8. The van der Waals surface area contributed by atoms with Crippen LogP contribution in [0.25, 0.3) is 0 Å². The Labute approximate surface area is 147 Å². The van der Waals surface area contributed by atoms with E-state index in [1.165, 1.54) is 0 Å². The van der Waals surface area contributed by atoms with E-state index in [4.69, 9.17) is 21.1 Å². The van der Waals surface area contributed by atoms with Gasteiger partial charge in [-0.15, -0.1) is 0 Å². The number of aliphatic hydroxyl groups is 1. The van der Waals surface area contributed by atoms with Crippen LogP contribution in [0.5, 0.6) is 5.75 Å². The van der Waals surface area contributed by atoms with Crippen LogP contribution in [0.3, 0.4) is 0 Å². The van der Waals surface area contributed by atoms with Crippen molar-refractivity contribution in [2.75, 3.05) is 53.0 Å². The highest BCUT2D eigenvalue weighted by Crippen LogP contribution is 2.15. The van der Waals surface area contributed by atoms with Crippen molar-refractivity contribution >= 4 is 17.5 Å². The molecule has 0 saturated carbocycles. The highest BCUT2D eigenvalue weighted by Gasteiger charge is 2.22. The maximum atomic E-state index is 11.9. The Morgan fingerprint density at radius 1 is 1.25 bits per heavy atom. The number of hydrogen-bond donors (Lipinski definition) is 1. The molecule has 1 saturated heterocycles. The third-order valence-corrected chi connectivity index (χ3v) is 4.22. The molecule has 1 heterocycles. The van der Waals surface area contributed by atoms with Crippen molar-refractivity contribution in [1.29, 1.82) is 0 Å². The molecule has 0 radical (unpaired) electrons. The minimum absolute atomic E-state index is 0.128. The first kappa shape index (κ1) is 19.0. The molecule has 1 aliphatic heterocycles. The quantitative estimate of drug-likeness (QED) is 0.759. The Kier molecular flexibility index (Phi) is 7.78. The molecule has 0 spiro atoms. The van der Waals surface area contributed by atoms with Gasteiger partial charge in [-0.2, -0.15) is 0 Å². The Bertz CT molecular complexity index is 504. The number of hydrogen-bond acceptors (Lipinski definition) is 5. The zero-order valence-electron chi connectivity index (χ0n) is 14.0. The molecule has 1 amide bonds. The number of β-amino-alcohol motifs (C(OH)–C–C–N with tert-alkyl or cyclic N) is 1. The molecular weight excluding hydrogens is 332 g/mol. The van der Waals surface area contributed by atoms with Crippen molar-refractivity contribution in [2.45, 2.75) is 12.5 Å². The van der Waals surface area contributed by atoms with Gasteiger partial charge in [-0.25, -0.2) is 0 Å². The van der Waals surface area contributed by atoms with Gasteiger partial charge in [0.05, 0.1) is 13.0 Å². The highest BCUT2D eigenvalue weighted by atomic mass is 35.5. The monoisotopic (exact) mass is 356 g/mol. The first-order chi connectivity index (χ1) is 11.6. The summed E-state index contributed by atoms with van der Waals surface area (Å²) in [6.07, 6.45) is -0.148. The van der Waals surface area contributed by atoms with Crippen molar-refractivity contribution in [2.24, 2.45) is 0 Å². The normalized spacial score (nSPS) is 16.9.